The van der Waals surface area contributed by atoms with Crippen LogP contribution in [0.5, 0.6) is 0 Å². The Morgan fingerprint density at radius 2 is 1.04 bits per heavy atom. The number of pyridine rings is 1. The highest BCUT2D eigenvalue weighted by atomic mass is 16.3. The summed E-state index contributed by atoms with van der Waals surface area (Å²) in [4.78, 5) is 5.27. The number of aromatic nitrogens is 2. The van der Waals surface area contributed by atoms with Crippen molar-refractivity contribution in [3.63, 3.8) is 0 Å². The summed E-state index contributed by atoms with van der Waals surface area (Å²) in [5.41, 5.74) is 12.9. The summed E-state index contributed by atoms with van der Waals surface area (Å²) in [6.07, 6.45) is 0. The molecule has 0 N–H and O–H groups in total. The van der Waals surface area contributed by atoms with E-state index in [9.17, 15) is 0 Å². The standard InChI is InChI=1S/C49H30N2O/c1-3-14-31(15-4-1)49-40-30-45-48(38-22-9-12-25-44(38)52-45)46(47(40)37-21-7-10-23-41(37)50-49)34-17-13-16-32(28-34)33-26-27-43-39(29-33)36-20-8-11-24-42(36)51(43)35-18-5-2-6-19-35/h1-30H. The van der Waals surface area contributed by atoms with Gasteiger partial charge >= 0.3 is 0 Å². The van der Waals surface area contributed by atoms with E-state index in [0.29, 0.717) is 0 Å². The molecule has 0 unspecified atom stereocenters. The molecule has 8 aromatic carbocycles. The number of para-hydroxylation sites is 4. The van der Waals surface area contributed by atoms with Crippen molar-refractivity contribution in [2.75, 3.05) is 0 Å². The molecule has 0 saturated heterocycles. The maximum absolute atomic E-state index is 6.64. The van der Waals surface area contributed by atoms with E-state index in [4.69, 9.17) is 9.40 Å². The van der Waals surface area contributed by atoms with Crippen LogP contribution >= 0.6 is 0 Å². The van der Waals surface area contributed by atoms with Gasteiger partial charge in [0.05, 0.1) is 22.2 Å². The van der Waals surface area contributed by atoms with Crippen LogP contribution in [0.2, 0.25) is 0 Å². The molecule has 0 aliphatic heterocycles. The predicted molar refractivity (Wildman–Crippen MR) is 217 cm³/mol. The van der Waals surface area contributed by atoms with Crippen LogP contribution in [-0.2, 0) is 0 Å². The van der Waals surface area contributed by atoms with Crippen molar-refractivity contribution in [1.82, 2.24) is 9.55 Å². The highest BCUT2D eigenvalue weighted by Gasteiger charge is 2.22. The Balaban J connectivity index is 1.21. The summed E-state index contributed by atoms with van der Waals surface area (Å²) in [6, 6.07) is 64.9. The van der Waals surface area contributed by atoms with Crippen molar-refractivity contribution in [3.05, 3.63) is 182 Å². The van der Waals surface area contributed by atoms with E-state index >= 15 is 0 Å². The second-order valence-electron chi connectivity index (χ2n) is 13.5. The number of furan rings is 1. The average Bonchev–Trinajstić information content (AvgIpc) is 3.75. The second-order valence-corrected chi connectivity index (χ2v) is 13.5. The molecule has 0 fully saturated rings. The highest BCUT2D eigenvalue weighted by Crippen LogP contribution is 2.47. The number of fused-ring (bicyclic) bond motifs is 9. The van der Waals surface area contributed by atoms with Gasteiger partial charge in [-0.05, 0) is 71.3 Å². The molecular weight excluding hydrogens is 633 g/mol. The quantitative estimate of drug-likeness (QED) is 0.176. The molecule has 0 radical (unpaired) electrons. The van der Waals surface area contributed by atoms with E-state index in [-0.39, 0.29) is 0 Å². The third-order valence-corrected chi connectivity index (χ3v) is 10.5. The lowest BCUT2D eigenvalue weighted by Crippen LogP contribution is -1.93. The lowest BCUT2D eigenvalue weighted by atomic mass is 9.88. The first-order chi connectivity index (χ1) is 25.8. The normalized spacial score (nSPS) is 11.8. The van der Waals surface area contributed by atoms with Gasteiger partial charge in [-0.25, -0.2) is 4.98 Å². The number of hydrogen-bond donors (Lipinski definition) is 0. The number of hydrogen-bond acceptors (Lipinski definition) is 2. The van der Waals surface area contributed by atoms with E-state index < -0.39 is 0 Å². The Hall–Kier alpha value is -6.97. The Morgan fingerprint density at radius 3 is 1.90 bits per heavy atom. The van der Waals surface area contributed by atoms with Crippen LogP contribution in [0.3, 0.4) is 0 Å². The monoisotopic (exact) mass is 662 g/mol. The number of nitrogens with zero attached hydrogens (tertiary/aromatic N) is 2. The molecule has 0 bridgehead atoms. The molecule has 0 atom stereocenters. The number of benzene rings is 8. The van der Waals surface area contributed by atoms with Crippen molar-refractivity contribution in [3.8, 4) is 39.2 Å². The van der Waals surface area contributed by atoms with Crippen LogP contribution < -0.4 is 0 Å². The van der Waals surface area contributed by atoms with Crippen LogP contribution in [0.25, 0.3) is 105 Å². The minimum Gasteiger partial charge on any atom is -0.456 e. The van der Waals surface area contributed by atoms with Crippen LogP contribution in [0.4, 0.5) is 0 Å². The van der Waals surface area contributed by atoms with Crippen molar-refractivity contribution in [2.24, 2.45) is 0 Å². The minimum atomic E-state index is 0.860. The van der Waals surface area contributed by atoms with Gasteiger partial charge in [0.2, 0.25) is 0 Å². The van der Waals surface area contributed by atoms with Gasteiger partial charge in [-0.3, -0.25) is 0 Å². The van der Waals surface area contributed by atoms with Crippen LogP contribution in [-0.4, -0.2) is 9.55 Å². The molecule has 242 valence electrons. The van der Waals surface area contributed by atoms with Crippen LogP contribution in [0, 0.1) is 0 Å². The largest absolute Gasteiger partial charge is 0.456 e. The first-order valence-corrected chi connectivity index (χ1v) is 17.7. The first-order valence-electron chi connectivity index (χ1n) is 17.7. The van der Waals surface area contributed by atoms with Gasteiger partial charge in [-0.2, -0.15) is 0 Å². The smallest absolute Gasteiger partial charge is 0.136 e. The molecule has 3 nitrogen and oxygen atoms in total. The zero-order chi connectivity index (χ0) is 34.2. The average molecular weight is 663 g/mol. The molecule has 52 heavy (non-hydrogen) atoms. The van der Waals surface area contributed by atoms with Gasteiger partial charge in [-0.15, -0.1) is 0 Å². The van der Waals surface area contributed by atoms with Crippen LogP contribution in [0.1, 0.15) is 0 Å². The fourth-order valence-corrected chi connectivity index (χ4v) is 8.28. The summed E-state index contributed by atoms with van der Waals surface area (Å²) >= 11 is 0. The van der Waals surface area contributed by atoms with Crippen molar-refractivity contribution < 1.29 is 4.42 Å². The van der Waals surface area contributed by atoms with Crippen molar-refractivity contribution in [1.29, 1.82) is 0 Å². The van der Waals surface area contributed by atoms with Gasteiger partial charge in [0.1, 0.15) is 11.2 Å². The first kappa shape index (κ1) is 28.8. The molecule has 0 spiro atoms. The zero-order valence-electron chi connectivity index (χ0n) is 28.1. The molecule has 11 rings (SSSR count). The maximum atomic E-state index is 6.64. The Morgan fingerprint density at radius 1 is 0.385 bits per heavy atom. The number of rotatable bonds is 4. The van der Waals surface area contributed by atoms with Crippen molar-refractivity contribution in [2.45, 2.75) is 0 Å². The van der Waals surface area contributed by atoms with E-state index in [1.165, 1.54) is 32.8 Å². The van der Waals surface area contributed by atoms with Crippen molar-refractivity contribution >= 4 is 65.4 Å². The van der Waals surface area contributed by atoms with Crippen LogP contribution in [0.15, 0.2) is 186 Å². The second kappa shape index (κ2) is 11.3. The highest BCUT2D eigenvalue weighted by molar-refractivity contribution is 6.28. The molecular formula is C49H30N2O. The fourth-order valence-electron chi connectivity index (χ4n) is 8.28. The predicted octanol–water partition coefficient (Wildman–Crippen LogP) is 13.4. The minimum absolute atomic E-state index is 0.860. The van der Waals surface area contributed by atoms with Gasteiger partial charge < -0.3 is 8.98 Å². The van der Waals surface area contributed by atoms with Gasteiger partial charge in [0, 0.05) is 54.5 Å². The molecule has 0 aliphatic rings. The molecule has 0 amide bonds. The molecule has 3 aromatic heterocycles. The molecule has 11 aromatic rings. The van der Waals surface area contributed by atoms with E-state index in [1.54, 1.807) is 0 Å². The fraction of sp³-hybridized carbons (Fsp3) is 0. The summed E-state index contributed by atoms with van der Waals surface area (Å²) in [5.74, 6) is 0. The molecule has 3 heterocycles. The molecule has 0 aliphatic carbocycles. The van der Waals surface area contributed by atoms with E-state index in [0.717, 1.165) is 71.9 Å². The lowest BCUT2D eigenvalue weighted by Gasteiger charge is -2.16. The lowest BCUT2D eigenvalue weighted by molar-refractivity contribution is 0.669. The van der Waals surface area contributed by atoms with Gasteiger partial charge in [0.25, 0.3) is 0 Å². The molecule has 3 heteroatoms. The summed E-state index contributed by atoms with van der Waals surface area (Å²) in [7, 11) is 0. The summed E-state index contributed by atoms with van der Waals surface area (Å²) in [6.45, 7) is 0. The van der Waals surface area contributed by atoms with E-state index in [1.807, 2.05) is 6.07 Å². The SMILES string of the molecule is c1ccc(-c2nc3ccccc3c3c(-c4cccc(-c5ccc6c(c5)c5ccccc5n6-c5ccccc5)c4)c4c(cc23)oc2ccccc24)cc1. The Labute approximate surface area is 299 Å². The topological polar surface area (TPSA) is 31.0 Å². The zero-order valence-corrected chi connectivity index (χ0v) is 28.1. The Bertz CT molecular complexity index is 3170. The summed E-state index contributed by atoms with van der Waals surface area (Å²) in [5, 5.41) is 8.09. The third-order valence-electron chi connectivity index (χ3n) is 10.5. The molecule has 0 saturated carbocycles. The maximum Gasteiger partial charge on any atom is 0.136 e. The van der Waals surface area contributed by atoms with Gasteiger partial charge in [-0.1, -0.05) is 127 Å². The Kier molecular flexibility index (Phi) is 6.25. The van der Waals surface area contributed by atoms with E-state index in [2.05, 4.69) is 180 Å². The summed E-state index contributed by atoms with van der Waals surface area (Å²) < 4.78 is 9.00. The van der Waals surface area contributed by atoms with Gasteiger partial charge in [0.15, 0.2) is 0 Å². The third kappa shape index (κ3) is 4.30.